The molecule has 1 aromatic rings. The van der Waals surface area contributed by atoms with Gasteiger partial charge < -0.3 is 4.74 Å². The average Bonchev–Trinajstić information content (AvgIpc) is 2.72. The average molecular weight is 333 g/mol. The van der Waals surface area contributed by atoms with Gasteiger partial charge >= 0.3 is 5.97 Å². The van der Waals surface area contributed by atoms with Crippen LogP contribution in [0.4, 0.5) is 0 Å². The Labute approximate surface area is 139 Å². The van der Waals surface area contributed by atoms with Crippen molar-refractivity contribution in [1.82, 2.24) is 0 Å². The van der Waals surface area contributed by atoms with Crippen LogP contribution in [0.3, 0.4) is 0 Å². The molecular formula is C18H17ClO4. The van der Waals surface area contributed by atoms with E-state index in [0.29, 0.717) is 10.8 Å². The molecule has 3 rings (SSSR count). The topological polar surface area (TPSA) is 60.4 Å². The van der Waals surface area contributed by atoms with E-state index in [1.54, 1.807) is 13.0 Å². The molecule has 0 saturated heterocycles. The number of cyclic esters (lactones) is 1. The highest BCUT2D eigenvalue weighted by Gasteiger charge is 2.52. The lowest BCUT2D eigenvalue weighted by atomic mass is 9.75. The highest BCUT2D eigenvalue weighted by molar-refractivity contribution is 6.30. The maximum absolute atomic E-state index is 12.5. The first-order valence-electron chi connectivity index (χ1n) is 7.51. The maximum atomic E-state index is 12.5. The Bertz CT molecular complexity index is 735. The molecule has 0 saturated carbocycles. The number of hydrogen-bond donors (Lipinski definition) is 0. The van der Waals surface area contributed by atoms with Crippen molar-refractivity contribution in [2.75, 3.05) is 0 Å². The summed E-state index contributed by atoms with van der Waals surface area (Å²) in [5.74, 6) is -2.44. The summed E-state index contributed by atoms with van der Waals surface area (Å²) in [6.45, 7) is 4.51. The number of ether oxygens (including phenoxy) is 1. The number of fused-ring (bicyclic) bond motifs is 3. The Morgan fingerprint density at radius 2 is 1.83 bits per heavy atom. The second-order valence-electron chi connectivity index (χ2n) is 6.25. The van der Waals surface area contributed by atoms with Crippen molar-refractivity contribution in [2.45, 2.75) is 32.6 Å². The highest BCUT2D eigenvalue weighted by atomic mass is 35.5. The van der Waals surface area contributed by atoms with E-state index in [9.17, 15) is 14.4 Å². The van der Waals surface area contributed by atoms with Crippen molar-refractivity contribution in [3.63, 3.8) is 0 Å². The molecule has 23 heavy (non-hydrogen) atoms. The van der Waals surface area contributed by atoms with Gasteiger partial charge in [-0.1, -0.05) is 17.7 Å². The molecular weight excluding hydrogens is 316 g/mol. The number of rotatable bonds is 3. The van der Waals surface area contributed by atoms with Crippen molar-refractivity contribution in [2.24, 2.45) is 11.8 Å². The van der Waals surface area contributed by atoms with E-state index in [0.717, 1.165) is 11.1 Å². The third-order valence-electron chi connectivity index (χ3n) is 4.72. The molecule has 1 aromatic carbocycles. The maximum Gasteiger partial charge on any atom is 0.315 e. The van der Waals surface area contributed by atoms with Crippen molar-refractivity contribution in [3.8, 4) is 0 Å². The lowest BCUT2D eigenvalue weighted by Crippen LogP contribution is -2.36. The molecule has 1 heterocycles. The lowest BCUT2D eigenvalue weighted by molar-refractivity contribution is -0.147. The molecule has 5 heteroatoms. The van der Waals surface area contributed by atoms with Crippen LogP contribution in [0, 0.1) is 11.8 Å². The van der Waals surface area contributed by atoms with E-state index >= 15 is 0 Å². The van der Waals surface area contributed by atoms with Crippen LogP contribution >= 0.6 is 11.6 Å². The normalized spacial score (nSPS) is 25.5. The van der Waals surface area contributed by atoms with Crippen molar-refractivity contribution < 1.29 is 19.1 Å². The Kier molecular flexibility index (Phi) is 3.88. The number of carbonyl (C=O) groups excluding carboxylic acids is 3. The summed E-state index contributed by atoms with van der Waals surface area (Å²) >= 11 is 6.11. The minimum absolute atomic E-state index is 0.212. The molecule has 0 fully saturated rings. The van der Waals surface area contributed by atoms with Gasteiger partial charge in [0.2, 0.25) is 0 Å². The summed E-state index contributed by atoms with van der Waals surface area (Å²) in [6, 6.07) is 5.36. The van der Waals surface area contributed by atoms with Gasteiger partial charge in [0, 0.05) is 16.9 Å². The molecule has 2 aliphatic rings. The number of esters is 1. The number of allylic oxidation sites excluding steroid dienone is 2. The number of benzene rings is 1. The number of hydrogen-bond acceptors (Lipinski definition) is 4. The summed E-state index contributed by atoms with van der Waals surface area (Å²) in [5.41, 5.74) is 1.73. The van der Waals surface area contributed by atoms with E-state index in [-0.39, 0.29) is 23.5 Å². The highest BCUT2D eigenvalue weighted by Crippen LogP contribution is 2.53. The fourth-order valence-corrected chi connectivity index (χ4v) is 4.11. The predicted octanol–water partition coefficient (Wildman–Crippen LogP) is 3.39. The van der Waals surface area contributed by atoms with Crippen LogP contribution in [-0.4, -0.2) is 17.5 Å². The van der Waals surface area contributed by atoms with E-state index in [1.165, 1.54) is 13.8 Å². The molecule has 4 nitrogen and oxygen atoms in total. The Morgan fingerprint density at radius 3 is 2.43 bits per heavy atom. The number of Topliss-reactive ketones (excluding diaryl/α,β-unsaturated/α-hetero) is 2. The lowest BCUT2D eigenvalue weighted by Gasteiger charge is -2.29. The number of carbonyl (C=O) groups is 3. The van der Waals surface area contributed by atoms with Gasteiger partial charge in [0.05, 0.1) is 11.8 Å². The van der Waals surface area contributed by atoms with E-state index in [2.05, 4.69) is 0 Å². The van der Waals surface area contributed by atoms with Crippen molar-refractivity contribution in [3.05, 3.63) is 46.2 Å². The Morgan fingerprint density at radius 1 is 1.17 bits per heavy atom. The van der Waals surface area contributed by atoms with Crippen LogP contribution in [-0.2, 0) is 19.1 Å². The van der Waals surface area contributed by atoms with Crippen LogP contribution in [0.15, 0.2) is 30.0 Å². The largest absolute Gasteiger partial charge is 0.431 e. The predicted molar refractivity (Wildman–Crippen MR) is 85.1 cm³/mol. The Balaban J connectivity index is 2.22. The van der Waals surface area contributed by atoms with Crippen molar-refractivity contribution >= 4 is 29.1 Å². The van der Waals surface area contributed by atoms with Crippen LogP contribution in [0.1, 0.15) is 43.7 Å². The molecule has 1 aliphatic heterocycles. The number of halogens is 1. The van der Waals surface area contributed by atoms with Gasteiger partial charge in [0.15, 0.2) is 0 Å². The molecule has 0 aromatic heterocycles. The summed E-state index contributed by atoms with van der Waals surface area (Å²) < 4.78 is 5.27. The van der Waals surface area contributed by atoms with Gasteiger partial charge in [-0.3, -0.25) is 14.4 Å². The quantitative estimate of drug-likeness (QED) is 0.629. The van der Waals surface area contributed by atoms with Crippen LogP contribution < -0.4 is 0 Å². The smallest absolute Gasteiger partial charge is 0.315 e. The van der Waals surface area contributed by atoms with Gasteiger partial charge in [-0.15, -0.1) is 0 Å². The van der Waals surface area contributed by atoms with E-state index in [4.69, 9.17) is 16.3 Å². The first-order valence-corrected chi connectivity index (χ1v) is 7.89. The van der Waals surface area contributed by atoms with Gasteiger partial charge in [-0.25, -0.2) is 0 Å². The minimum atomic E-state index is -0.843. The summed E-state index contributed by atoms with van der Waals surface area (Å²) in [4.78, 5) is 36.6. The first kappa shape index (κ1) is 15.9. The first-order chi connectivity index (χ1) is 10.8. The standard InChI is InChI=1S/C18H17ClO4/c1-8-6-14-13-7-11(19)4-5-12(13)16(17(14)18(22)23-8)15(9(2)20)10(3)21/h4-7,14-17H,1-3H3/t14-,16-,17-/m0/s1. The molecule has 0 amide bonds. The second kappa shape index (κ2) is 5.60. The van der Waals surface area contributed by atoms with Gasteiger partial charge in [-0.2, -0.15) is 0 Å². The molecule has 0 unspecified atom stereocenters. The monoisotopic (exact) mass is 332 g/mol. The minimum Gasteiger partial charge on any atom is -0.431 e. The summed E-state index contributed by atoms with van der Waals surface area (Å²) in [5, 5.41) is 0.565. The van der Waals surface area contributed by atoms with Gasteiger partial charge in [0.25, 0.3) is 0 Å². The SMILES string of the molecule is CC(=O)C(C(C)=O)[C@@H]1c2ccc(Cl)cc2[C@@H]2C=C(C)OC(=O)[C@@H]21. The number of ketones is 2. The third kappa shape index (κ3) is 2.51. The zero-order valence-electron chi connectivity index (χ0n) is 13.1. The van der Waals surface area contributed by atoms with Crippen LogP contribution in [0.2, 0.25) is 5.02 Å². The molecule has 0 spiro atoms. The zero-order valence-corrected chi connectivity index (χ0v) is 13.9. The molecule has 3 atom stereocenters. The van der Waals surface area contributed by atoms with E-state index < -0.39 is 17.8 Å². The molecule has 0 radical (unpaired) electrons. The van der Waals surface area contributed by atoms with Crippen LogP contribution in [0.25, 0.3) is 0 Å². The molecule has 120 valence electrons. The second-order valence-corrected chi connectivity index (χ2v) is 6.68. The van der Waals surface area contributed by atoms with Gasteiger partial charge in [-0.05, 0) is 50.1 Å². The fourth-order valence-electron chi connectivity index (χ4n) is 3.93. The Hall–Kier alpha value is -1.94. The zero-order chi connectivity index (χ0) is 16.9. The van der Waals surface area contributed by atoms with Gasteiger partial charge in [0.1, 0.15) is 17.3 Å². The van der Waals surface area contributed by atoms with Crippen LogP contribution in [0.5, 0.6) is 0 Å². The van der Waals surface area contributed by atoms with Crippen molar-refractivity contribution in [1.29, 1.82) is 0 Å². The third-order valence-corrected chi connectivity index (χ3v) is 4.96. The fraction of sp³-hybridized carbons (Fsp3) is 0.389. The van der Waals surface area contributed by atoms with E-state index in [1.807, 2.05) is 18.2 Å². The molecule has 0 bridgehead atoms. The summed E-state index contributed by atoms with van der Waals surface area (Å²) in [6.07, 6.45) is 1.87. The molecule has 0 N–H and O–H groups in total. The summed E-state index contributed by atoms with van der Waals surface area (Å²) in [7, 11) is 0. The molecule has 1 aliphatic carbocycles.